The van der Waals surface area contributed by atoms with Gasteiger partial charge in [0.05, 0.1) is 6.04 Å². The molecule has 0 saturated heterocycles. The van der Waals surface area contributed by atoms with Crippen molar-refractivity contribution < 1.29 is 8.78 Å². The van der Waals surface area contributed by atoms with E-state index >= 15 is 0 Å². The van der Waals surface area contributed by atoms with Gasteiger partial charge in [0.2, 0.25) is 0 Å². The van der Waals surface area contributed by atoms with Gasteiger partial charge in [-0.2, -0.15) is 0 Å². The van der Waals surface area contributed by atoms with Crippen molar-refractivity contribution in [1.29, 1.82) is 0 Å². The number of benzene rings is 2. The lowest BCUT2D eigenvalue weighted by Gasteiger charge is -2.12. The van der Waals surface area contributed by atoms with E-state index < -0.39 is 12.5 Å². The predicted octanol–water partition coefficient (Wildman–Crippen LogP) is 3.94. The molecule has 0 radical (unpaired) electrons. The fourth-order valence-electron chi connectivity index (χ4n) is 2.52. The van der Waals surface area contributed by atoms with Gasteiger partial charge >= 0.3 is 0 Å². The van der Waals surface area contributed by atoms with Gasteiger partial charge in [-0.15, -0.1) is 12.4 Å². The second-order valence-electron chi connectivity index (χ2n) is 4.61. The zero-order valence-corrected chi connectivity index (χ0v) is 11.0. The number of fused-ring (bicyclic) bond motifs is 3. The first-order valence-corrected chi connectivity index (χ1v) is 5.91. The van der Waals surface area contributed by atoms with Gasteiger partial charge in [0.1, 0.15) is 0 Å². The monoisotopic (exact) mass is 281 g/mol. The SMILES string of the molecule is Cl.N[C@@H](c1ccc2c(c1)Cc1ccccc1-2)C(F)F. The summed E-state index contributed by atoms with van der Waals surface area (Å²) in [5.74, 6) is 0. The number of hydrogen-bond acceptors (Lipinski definition) is 1. The summed E-state index contributed by atoms with van der Waals surface area (Å²) in [6.45, 7) is 0. The molecule has 0 bridgehead atoms. The molecule has 0 amide bonds. The minimum atomic E-state index is -2.52. The van der Waals surface area contributed by atoms with E-state index in [1.165, 1.54) is 11.1 Å². The molecule has 2 aromatic carbocycles. The van der Waals surface area contributed by atoms with Crippen LogP contribution in [0.2, 0.25) is 0 Å². The van der Waals surface area contributed by atoms with Crippen molar-refractivity contribution in [2.45, 2.75) is 18.9 Å². The van der Waals surface area contributed by atoms with Crippen LogP contribution in [0.15, 0.2) is 42.5 Å². The van der Waals surface area contributed by atoms with Crippen molar-refractivity contribution >= 4 is 12.4 Å². The maximum absolute atomic E-state index is 12.6. The molecule has 1 nitrogen and oxygen atoms in total. The highest BCUT2D eigenvalue weighted by Crippen LogP contribution is 2.37. The van der Waals surface area contributed by atoms with Crippen LogP contribution in [0.4, 0.5) is 8.78 Å². The van der Waals surface area contributed by atoms with Crippen molar-refractivity contribution in [2.24, 2.45) is 5.73 Å². The summed E-state index contributed by atoms with van der Waals surface area (Å²) in [5.41, 5.74) is 10.7. The van der Waals surface area contributed by atoms with E-state index in [0.29, 0.717) is 5.56 Å². The van der Waals surface area contributed by atoms with Gasteiger partial charge < -0.3 is 5.73 Å². The molecule has 2 N–H and O–H groups in total. The number of rotatable bonds is 2. The molecule has 1 atom stereocenters. The Bertz CT molecular complexity index is 598. The third-order valence-corrected chi connectivity index (χ3v) is 3.47. The van der Waals surface area contributed by atoms with Crippen LogP contribution < -0.4 is 5.73 Å². The standard InChI is InChI=1S/C15H13F2N.ClH/c16-15(17)14(18)10-5-6-13-11(8-10)7-9-3-1-2-4-12(9)13;/h1-6,8,14-15H,7,18H2;1H/t14-;/m0./s1. The zero-order chi connectivity index (χ0) is 12.7. The maximum Gasteiger partial charge on any atom is 0.257 e. The van der Waals surface area contributed by atoms with E-state index in [-0.39, 0.29) is 12.4 Å². The van der Waals surface area contributed by atoms with E-state index in [0.717, 1.165) is 17.5 Å². The fourth-order valence-corrected chi connectivity index (χ4v) is 2.52. The third-order valence-electron chi connectivity index (χ3n) is 3.47. The molecule has 4 heteroatoms. The van der Waals surface area contributed by atoms with E-state index in [9.17, 15) is 8.78 Å². The zero-order valence-electron chi connectivity index (χ0n) is 10.1. The first kappa shape index (κ1) is 14.0. The second kappa shape index (κ2) is 5.27. The van der Waals surface area contributed by atoms with Crippen LogP contribution in [0.1, 0.15) is 22.7 Å². The number of alkyl halides is 2. The molecule has 100 valence electrons. The molecule has 0 fully saturated rings. The van der Waals surface area contributed by atoms with Crippen LogP contribution in [0.5, 0.6) is 0 Å². The second-order valence-corrected chi connectivity index (χ2v) is 4.61. The largest absolute Gasteiger partial charge is 0.319 e. The van der Waals surface area contributed by atoms with Crippen molar-refractivity contribution in [3.63, 3.8) is 0 Å². The van der Waals surface area contributed by atoms with Crippen LogP contribution >= 0.6 is 12.4 Å². The van der Waals surface area contributed by atoms with E-state index in [2.05, 4.69) is 12.1 Å². The molecule has 2 aromatic rings. The van der Waals surface area contributed by atoms with Crippen LogP contribution in [-0.2, 0) is 6.42 Å². The summed E-state index contributed by atoms with van der Waals surface area (Å²) in [4.78, 5) is 0. The summed E-state index contributed by atoms with van der Waals surface area (Å²) in [7, 11) is 0. The Morgan fingerprint density at radius 2 is 1.63 bits per heavy atom. The lowest BCUT2D eigenvalue weighted by Crippen LogP contribution is -2.18. The Morgan fingerprint density at radius 1 is 0.947 bits per heavy atom. The molecule has 0 aliphatic heterocycles. The van der Waals surface area contributed by atoms with Gasteiger partial charge in [0.25, 0.3) is 6.43 Å². The Balaban J connectivity index is 0.00000133. The summed E-state index contributed by atoms with van der Waals surface area (Å²) >= 11 is 0. The molecule has 0 aromatic heterocycles. The fraction of sp³-hybridized carbons (Fsp3) is 0.200. The molecule has 3 rings (SSSR count). The predicted molar refractivity (Wildman–Crippen MR) is 74.9 cm³/mol. The lowest BCUT2D eigenvalue weighted by molar-refractivity contribution is 0.116. The summed E-state index contributed by atoms with van der Waals surface area (Å²) in [6.07, 6.45) is -1.72. The molecule has 1 aliphatic carbocycles. The molecule has 1 aliphatic rings. The summed E-state index contributed by atoms with van der Waals surface area (Å²) in [6, 6.07) is 12.3. The van der Waals surface area contributed by atoms with Crippen LogP contribution in [0, 0.1) is 0 Å². The van der Waals surface area contributed by atoms with Gasteiger partial charge in [-0.25, -0.2) is 8.78 Å². The molecule has 0 spiro atoms. The van der Waals surface area contributed by atoms with Crippen LogP contribution in [0.25, 0.3) is 11.1 Å². The number of nitrogens with two attached hydrogens (primary N) is 1. The minimum absolute atomic E-state index is 0. The highest BCUT2D eigenvalue weighted by atomic mass is 35.5. The normalized spacial score (nSPS) is 13.7. The first-order valence-electron chi connectivity index (χ1n) is 5.91. The van der Waals surface area contributed by atoms with Crippen molar-refractivity contribution in [1.82, 2.24) is 0 Å². The first-order chi connectivity index (χ1) is 8.66. The Hall–Kier alpha value is -1.45. The highest BCUT2D eigenvalue weighted by molar-refractivity contribution is 5.85. The van der Waals surface area contributed by atoms with Gasteiger partial charge in [0.15, 0.2) is 0 Å². The molecule has 0 heterocycles. The Labute approximate surface area is 116 Å². The number of hydrogen-bond donors (Lipinski definition) is 1. The summed E-state index contributed by atoms with van der Waals surface area (Å²) in [5, 5.41) is 0. The van der Waals surface area contributed by atoms with Gasteiger partial charge in [-0.3, -0.25) is 0 Å². The molecular weight excluding hydrogens is 268 g/mol. The average Bonchev–Trinajstić information content (AvgIpc) is 2.75. The van der Waals surface area contributed by atoms with Crippen molar-refractivity contribution in [2.75, 3.05) is 0 Å². The topological polar surface area (TPSA) is 26.0 Å². The molecule has 19 heavy (non-hydrogen) atoms. The highest BCUT2D eigenvalue weighted by Gasteiger charge is 2.22. The van der Waals surface area contributed by atoms with E-state index in [1.807, 2.05) is 24.3 Å². The van der Waals surface area contributed by atoms with Crippen LogP contribution in [0.3, 0.4) is 0 Å². The smallest absolute Gasteiger partial charge is 0.257 e. The maximum atomic E-state index is 12.6. The average molecular weight is 282 g/mol. The van der Waals surface area contributed by atoms with Gasteiger partial charge in [-0.1, -0.05) is 42.5 Å². The minimum Gasteiger partial charge on any atom is -0.319 e. The Kier molecular flexibility index (Phi) is 3.88. The molecular formula is C15H14ClF2N. The van der Waals surface area contributed by atoms with Gasteiger partial charge in [0, 0.05) is 0 Å². The van der Waals surface area contributed by atoms with E-state index in [4.69, 9.17) is 5.73 Å². The summed E-state index contributed by atoms with van der Waals surface area (Å²) < 4.78 is 25.2. The Morgan fingerprint density at radius 3 is 2.37 bits per heavy atom. The molecule has 0 saturated carbocycles. The lowest BCUT2D eigenvalue weighted by atomic mass is 10.0. The third kappa shape index (κ3) is 2.36. The molecule has 0 unspecified atom stereocenters. The van der Waals surface area contributed by atoms with Crippen molar-refractivity contribution in [3.05, 3.63) is 59.2 Å². The van der Waals surface area contributed by atoms with E-state index in [1.54, 1.807) is 6.07 Å². The van der Waals surface area contributed by atoms with Gasteiger partial charge in [-0.05, 0) is 34.2 Å². The quantitative estimate of drug-likeness (QED) is 0.756. The van der Waals surface area contributed by atoms with Crippen LogP contribution in [-0.4, -0.2) is 6.43 Å². The van der Waals surface area contributed by atoms with Crippen molar-refractivity contribution in [3.8, 4) is 11.1 Å². The number of halogens is 3.